The van der Waals surface area contributed by atoms with E-state index in [1.807, 2.05) is 0 Å². The summed E-state index contributed by atoms with van der Waals surface area (Å²) in [6.07, 6.45) is 0.782. The number of carboxylic acid groups (broad SMARTS) is 1. The van der Waals surface area contributed by atoms with Crippen molar-refractivity contribution >= 4 is 25.6 Å². The van der Waals surface area contributed by atoms with Crippen LogP contribution in [0.2, 0.25) is 0 Å². The molecule has 16 heavy (non-hydrogen) atoms. The summed E-state index contributed by atoms with van der Waals surface area (Å²) in [7, 11) is 0. The van der Waals surface area contributed by atoms with Crippen molar-refractivity contribution in [2.24, 2.45) is 5.92 Å². The molecule has 1 saturated carbocycles. The van der Waals surface area contributed by atoms with Crippen LogP contribution < -0.4 is 5.32 Å². The zero-order valence-electron chi connectivity index (χ0n) is 9.74. The van der Waals surface area contributed by atoms with Crippen molar-refractivity contribution in [1.29, 1.82) is 0 Å². The number of amides is 1. The van der Waals surface area contributed by atoms with Crippen LogP contribution in [0.25, 0.3) is 0 Å². The fourth-order valence-electron chi connectivity index (χ4n) is 1.43. The van der Waals surface area contributed by atoms with Gasteiger partial charge in [0.2, 0.25) is 0 Å². The minimum atomic E-state index is -0.859. The fourth-order valence-corrected chi connectivity index (χ4v) is 1.43. The first-order valence-corrected chi connectivity index (χ1v) is 5.02. The Morgan fingerprint density at radius 2 is 1.88 bits per heavy atom. The Morgan fingerprint density at radius 3 is 2.19 bits per heavy atom. The van der Waals surface area contributed by atoms with Crippen LogP contribution in [0.3, 0.4) is 0 Å². The molecule has 0 aromatic heterocycles. The number of alkyl carbamates (subject to hydrolysis) is 1. The number of ether oxygens (including phenoxy) is 1. The van der Waals surface area contributed by atoms with E-state index in [4.69, 9.17) is 9.84 Å². The molecule has 0 heterocycles. The van der Waals surface area contributed by atoms with Gasteiger partial charge in [-0.2, -0.15) is 13.5 Å². The summed E-state index contributed by atoms with van der Waals surface area (Å²) in [6.45, 7) is 5.30. The van der Waals surface area contributed by atoms with Gasteiger partial charge in [-0.1, -0.05) is 0 Å². The second-order valence-electron chi connectivity index (χ2n) is 4.77. The Labute approximate surface area is 102 Å². The molecule has 1 aliphatic carbocycles. The van der Waals surface area contributed by atoms with E-state index in [0.717, 1.165) is 0 Å². The van der Waals surface area contributed by atoms with Crippen LogP contribution in [0, 0.1) is 5.92 Å². The summed E-state index contributed by atoms with van der Waals surface area (Å²) in [4.78, 5) is 22.0. The number of aliphatic carboxylic acids is 1. The number of carbonyl (C=O) groups is 2. The summed E-state index contributed by atoms with van der Waals surface area (Å²) >= 11 is 0. The third kappa shape index (κ3) is 4.30. The number of rotatable bonds is 2. The van der Waals surface area contributed by atoms with E-state index < -0.39 is 23.6 Å². The maximum Gasteiger partial charge on any atom is 0.407 e. The lowest BCUT2D eigenvalue weighted by Crippen LogP contribution is -2.51. The third-order valence-electron chi connectivity index (χ3n) is 2.29. The number of carbonyl (C=O) groups excluding carboxylic acids is 1. The molecule has 0 unspecified atom stereocenters. The van der Waals surface area contributed by atoms with E-state index >= 15 is 0 Å². The summed E-state index contributed by atoms with van der Waals surface area (Å²) < 4.78 is 5.03. The van der Waals surface area contributed by atoms with Crippen molar-refractivity contribution in [2.45, 2.75) is 45.3 Å². The molecule has 0 saturated heterocycles. The molecule has 0 aromatic rings. The molecule has 0 aliphatic heterocycles. The Hall–Kier alpha value is -0.910. The van der Waals surface area contributed by atoms with Crippen LogP contribution in [0.4, 0.5) is 4.79 Å². The molecule has 0 aromatic carbocycles. The van der Waals surface area contributed by atoms with Gasteiger partial charge in [-0.3, -0.25) is 4.79 Å². The number of hydrogen-bond acceptors (Lipinski definition) is 3. The van der Waals surface area contributed by atoms with E-state index in [0.29, 0.717) is 12.8 Å². The topological polar surface area (TPSA) is 75.6 Å². The largest absolute Gasteiger partial charge is 0.481 e. The van der Waals surface area contributed by atoms with Crippen molar-refractivity contribution in [1.82, 2.24) is 5.32 Å². The van der Waals surface area contributed by atoms with Crippen LogP contribution in [0.5, 0.6) is 0 Å². The van der Waals surface area contributed by atoms with Gasteiger partial charge < -0.3 is 15.2 Å². The van der Waals surface area contributed by atoms with E-state index in [2.05, 4.69) is 5.32 Å². The quantitative estimate of drug-likeness (QED) is 0.777. The standard InChI is InChI=1S/C10H17NO4.H2S/c1-10(2,3)15-9(14)11-7-5-4-6(7)8(12)13;/h6-7H,4-5H2,1-3H3,(H,11,14)(H,12,13);1H2/t6-,7+;/m1./s1. The SMILES string of the molecule is CC(C)(C)OC(=O)N[C@H]1CC[C@H]1C(=O)O.S. The van der Waals surface area contributed by atoms with E-state index in [1.165, 1.54) is 0 Å². The predicted molar refractivity (Wildman–Crippen MR) is 63.9 cm³/mol. The number of carboxylic acids is 1. The normalized spacial score (nSPS) is 23.7. The second-order valence-corrected chi connectivity index (χ2v) is 4.77. The Morgan fingerprint density at radius 1 is 1.31 bits per heavy atom. The van der Waals surface area contributed by atoms with E-state index in [1.54, 1.807) is 20.8 Å². The molecule has 2 atom stereocenters. The van der Waals surface area contributed by atoms with Gasteiger partial charge in [0.1, 0.15) is 5.60 Å². The first-order valence-electron chi connectivity index (χ1n) is 5.02. The lowest BCUT2D eigenvalue weighted by Gasteiger charge is -2.34. The molecular weight excluding hydrogens is 230 g/mol. The molecule has 1 amide bonds. The van der Waals surface area contributed by atoms with Gasteiger partial charge in [-0.15, -0.1) is 0 Å². The summed E-state index contributed by atoms with van der Waals surface area (Å²) in [5.74, 6) is -1.32. The maximum absolute atomic E-state index is 11.3. The number of nitrogens with one attached hydrogen (secondary N) is 1. The highest BCUT2D eigenvalue weighted by Gasteiger charge is 2.38. The molecule has 1 fully saturated rings. The summed E-state index contributed by atoms with van der Waals surface area (Å²) in [6, 6.07) is -0.280. The average molecular weight is 249 g/mol. The summed E-state index contributed by atoms with van der Waals surface area (Å²) in [5, 5.41) is 11.3. The Kier molecular flexibility index (Phi) is 5.12. The first kappa shape index (κ1) is 15.1. The van der Waals surface area contributed by atoms with Crippen LogP contribution in [0.15, 0.2) is 0 Å². The van der Waals surface area contributed by atoms with Gasteiger partial charge in [-0.05, 0) is 33.6 Å². The van der Waals surface area contributed by atoms with Gasteiger partial charge in [0, 0.05) is 6.04 Å². The van der Waals surface area contributed by atoms with Gasteiger partial charge in [-0.25, -0.2) is 4.79 Å². The van der Waals surface area contributed by atoms with Crippen molar-refractivity contribution in [3.63, 3.8) is 0 Å². The van der Waals surface area contributed by atoms with Crippen LogP contribution in [0.1, 0.15) is 33.6 Å². The molecule has 94 valence electrons. The fraction of sp³-hybridized carbons (Fsp3) is 0.800. The predicted octanol–water partition coefficient (Wildman–Crippen LogP) is 1.49. The lowest BCUT2D eigenvalue weighted by atomic mass is 9.80. The Balaban J connectivity index is 0.00000225. The first-order chi connectivity index (χ1) is 6.79. The monoisotopic (exact) mass is 249 g/mol. The molecule has 0 spiro atoms. The minimum absolute atomic E-state index is 0. The van der Waals surface area contributed by atoms with Gasteiger partial charge in [0.25, 0.3) is 0 Å². The minimum Gasteiger partial charge on any atom is -0.481 e. The molecule has 1 rings (SSSR count). The molecular formula is C10H19NO4S. The van der Waals surface area contributed by atoms with Crippen molar-refractivity contribution in [3.05, 3.63) is 0 Å². The molecule has 0 bridgehead atoms. The highest BCUT2D eigenvalue weighted by Crippen LogP contribution is 2.27. The number of hydrogen-bond donors (Lipinski definition) is 2. The molecule has 0 radical (unpaired) electrons. The second kappa shape index (κ2) is 5.43. The van der Waals surface area contributed by atoms with Crippen molar-refractivity contribution in [2.75, 3.05) is 0 Å². The Bertz CT molecular complexity index is 274. The third-order valence-corrected chi connectivity index (χ3v) is 2.29. The summed E-state index contributed by atoms with van der Waals surface area (Å²) in [5.41, 5.74) is -0.549. The highest BCUT2D eigenvalue weighted by atomic mass is 32.1. The van der Waals surface area contributed by atoms with Gasteiger partial charge in [0.05, 0.1) is 5.92 Å². The zero-order valence-corrected chi connectivity index (χ0v) is 10.7. The molecule has 1 aliphatic rings. The average Bonchev–Trinajstić information content (AvgIpc) is 1.93. The van der Waals surface area contributed by atoms with Crippen LogP contribution in [-0.2, 0) is 9.53 Å². The van der Waals surface area contributed by atoms with Crippen molar-refractivity contribution in [3.8, 4) is 0 Å². The van der Waals surface area contributed by atoms with Crippen LogP contribution in [-0.4, -0.2) is 28.8 Å². The molecule has 2 N–H and O–H groups in total. The molecule has 5 nitrogen and oxygen atoms in total. The molecule has 6 heteroatoms. The van der Waals surface area contributed by atoms with Gasteiger partial charge in [0.15, 0.2) is 0 Å². The highest BCUT2D eigenvalue weighted by molar-refractivity contribution is 7.59. The zero-order chi connectivity index (χ0) is 11.6. The maximum atomic E-state index is 11.3. The van der Waals surface area contributed by atoms with E-state index in [9.17, 15) is 9.59 Å². The van der Waals surface area contributed by atoms with Gasteiger partial charge >= 0.3 is 12.1 Å². The van der Waals surface area contributed by atoms with Crippen LogP contribution >= 0.6 is 13.5 Å². The van der Waals surface area contributed by atoms with E-state index in [-0.39, 0.29) is 19.5 Å². The lowest BCUT2D eigenvalue weighted by molar-refractivity contribution is -0.145. The smallest absolute Gasteiger partial charge is 0.407 e. The van der Waals surface area contributed by atoms with Crippen molar-refractivity contribution < 1.29 is 19.4 Å².